The quantitative estimate of drug-likeness (QED) is 0.784. The van der Waals surface area contributed by atoms with Gasteiger partial charge in [0.05, 0.1) is 29.0 Å². The van der Waals surface area contributed by atoms with E-state index in [0.717, 1.165) is 11.8 Å². The second kappa shape index (κ2) is 5.99. The van der Waals surface area contributed by atoms with Gasteiger partial charge in [0, 0.05) is 13.1 Å². The van der Waals surface area contributed by atoms with Gasteiger partial charge in [-0.3, -0.25) is 28.6 Å². The van der Waals surface area contributed by atoms with Crippen LogP contribution in [-0.2, 0) is 16.1 Å². The van der Waals surface area contributed by atoms with Crippen molar-refractivity contribution in [2.24, 2.45) is 0 Å². The number of nitrogens with zero attached hydrogens (tertiary/aromatic N) is 4. The maximum Gasteiger partial charge on any atom is 0.289 e. The second-order valence-electron chi connectivity index (χ2n) is 5.97. The van der Waals surface area contributed by atoms with E-state index in [1.165, 1.54) is 20.7 Å². The van der Waals surface area contributed by atoms with Gasteiger partial charge in [-0.1, -0.05) is 23.9 Å². The van der Waals surface area contributed by atoms with Gasteiger partial charge in [0.1, 0.15) is 6.54 Å². The first-order valence-electron chi connectivity index (χ1n) is 7.75. The van der Waals surface area contributed by atoms with Crippen LogP contribution < -0.4 is 5.56 Å². The van der Waals surface area contributed by atoms with Gasteiger partial charge in [0.15, 0.2) is 0 Å². The first-order chi connectivity index (χ1) is 12.0. The Labute approximate surface area is 146 Å². The van der Waals surface area contributed by atoms with Crippen LogP contribution in [0.4, 0.5) is 4.79 Å². The number of para-hydroxylation sites is 1. The van der Waals surface area contributed by atoms with Gasteiger partial charge >= 0.3 is 0 Å². The number of amides is 3. The Morgan fingerprint density at radius 1 is 1.20 bits per heavy atom. The predicted molar refractivity (Wildman–Crippen MR) is 91.1 cm³/mol. The normalized spacial score (nSPS) is 18.1. The Bertz CT molecular complexity index is 935. The summed E-state index contributed by atoms with van der Waals surface area (Å²) in [7, 11) is 0. The molecular weight excluding hydrogens is 344 g/mol. The van der Waals surface area contributed by atoms with E-state index < -0.39 is 0 Å². The van der Waals surface area contributed by atoms with Crippen molar-refractivity contribution < 1.29 is 14.4 Å². The van der Waals surface area contributed by atoms with Gasteiger partial charge in [0.2, 0.25) is 11.8 Å². The van der Waals surface area contributed by atoms with Crippen LogP contribution in [0.1, 0.15) is 0 Å². The summed E-state index contributed by atoms with van der Waals surface area (Å²) < 4.78 is 1.28. The van der Waals surface area contributed by atoms with Crippen LogP contribution in [0.5, 0.6) is 0 Å². The molecule has 25 heavy (non-hydrogen) atoms. The fourth-order valence-corrected chi connectivity index (χ4v) is 3.78. The molecule has 2 saturated heterocycles. The molecule has 0 radical (unpaired) electrons. The van der Waals surface area contributed by atoms with E-state index in [2.05, 4.69) is 4.98 Å². The van der Waals surface area contributed by atoms with Gasteiger partial charge in [-0.25, -0.2) is 4.98 Å². The third-order valence-corrected chi connectivity index (χ3v) is 5.24. The fourth-order valence-electron chi connectivity index (χ4n) is 3.00. The molecule has 3 amide bonds. The van der Waals surface area contributed by atoms with Crippen molar-refractivity contribution in [3.05, 3.63) is 40.9 Å². The Kier molecular flexibility index (Phi) is 3.79. The zero-order valence-electron chi connectivity index (χ0n) is 13.1. The molecule has 0 saturated carbocycles. The molecular formula is C16H14N4O4S. The van der Waals surface area contributed by atoms with E-state index in [0.29, 0.717) is 24.0 Å². The molecule has 2 aliphatic heterocycles. The average Bonchev–Trinajstić information content (AvgIpc) is 2.89. The molecule has 1 aromatic heterocycles. The van der Waals surface area contributed by atoms with Crippen molar-refractivity contribution in [2.45, 2.75) is 12.6 Å². The van der Waals surface area contributed by atoms with Crippen molar-refractivity contribution in [3.8, 4) is 0 Å². The molecule has 1 aromatic carbocycles. The summed E-state index contributed by atoms with van der Waals surface area (Å²) in [6.07, 6.45) is 1.37. The van der Waals surface area contributed by atoms with Crippen LogP contribution >= 0.6 is 11.8 Å². The summed E-state index contributed by atoms with van der Waals surface area (Å²) >= 11 is 0.987. The van der Waals surface area contributed by atoms with Crippen LogP contribution in [0.25, 0.3) is 10.9 Å². The molecule has 0 unspecified atom stereocenters. The minimum Gasteiger partial charge on any atom is -0.337 e. The van der Waals surface area contributed by atoms with E-state index in [9.17, 15) is 19.2 Å². The minimum atomic E-state index is -0.266. The van der Waals surface area contributed by atoms with Gasteiger partial charge in [-0.15, -0.1) is 0 Å². The number of hydrogen-bond donors (Lipinski definition) is 0. The highest BCUT2D eigenvalue weighted by atomic mass is 32.2. The zero-order chi connectivity index (χ0) is 17.6. The number of rotatable bonds is 3. The monoisotopic (exact) mass is 358 g/mol. The molecule has 2 fully saturated rings. The minimum absolute atomic E-state index is 0.111. The van der Waals surface area contributed by atoms with Gasteiger partial charge in [-0.2, -0.15) is 0 Å². The number of hydrogen-bond acceptors (Lipinski definition) is 6. The summed E-state index contributed by atoms with van der Waals surface area (Å²) in [5, 5.41) is 0.210. The molecule has 0 atom stereocenters. The third kappa shape index (κ3) is 2.70. The summed E-state index contributed by atoms with van der Waals surface area (Å²) in [5.41, 5.74) is 0.320. The number of imide groups is 1. The van der Waals surface area contributed by atoms with E-state index >= 15 is 0 Å². The number of carbonyl (C=O) groups excluding carboxylic acids is 3. The van der Waals surface area contributed by atoms with Crippen LogP contribution in [0, 0.1) is 0 Å². The smallest absolute Gasteiger partial charge is 0.289 e. The summed E-state index contributed by atoms with van der Waals surface area (Å²) in [5.74, 6) is -0.272. The van der Waals surface area contributed by atoms with E-state index in [1.54, 1.807) is 24.3 Å². The molecule has 4 rings (SSSR count). The number of benzene rings is 1. The lowest BCUT2D eigenvalue weighted by Crippen LogP contribution is -2.62. The molecule has 2 aromatic rings. The van der Waals surface area contributed by atoms with E-state index in [-0.39, 0.29) is 41.0 Å². The number of likely N-dealkylation sites (tertiary alicyclic amines) is 1. The lowest BCUT2D eigenvalue weighted by molar-refractivity contribution is -0.142. The Morgan fingerprint density at radius 2 is 1.96 bits per heavy atom. The maximum atomic E-state index is 12.4. The number of fused-ring (bicyclic) bond motifs is 1. The van der Waals surface area contributed by atoms with Crippen molar-refractivity contribution in [1.29, 1.82) is 0 Å². The standard InChI is InChI=1S/C16H14N4O4S/c21-13(18-5-10(6-18)20-14(22)8-25-16(20)24)7-19-9-17-12-4-2-1-3-11(12)15(19)23/h1-4,9-10H,5-8H2. The van der Waals surface area contributed by atoms with Crippen molar-refractivity contribution in [1.82, 2.24) is 19.4 Å². The molecule has 3 heterocycles. The van der Waals surface area contributed by atoms with Gasteiger partial charge < -0.3 is 4.90 Å². The number of aromatic nitrogens is 2. The van der Waals surface area contributed by atoms with E-state index in [1.807, 2.05) is 0 Å². The lowest BCUT2D eigenvalue weighted by atomic mass is 10.1. The van der Waals surface area contributed by atoms with Crippen molar-refractivity contribution in [3.63, 3.8) is 0 Å². The number of carbonyl (C=O) groups is 3. The highest BCUT2D eigenvalue weighted by Gasteiger charge is 2.43. The summed E-state index contributed by atoms with van der Waals surface area (Å²) in [6.45, 7) is 0.513. The molecule has 128 valence electrons. The predicted octanol–water partition coefficient (Wildman–Crippen LogP) is 0.303. The van der Waals surface area contributed by atoms with Crippen LogP contribution in [0.2, 0.25) is 0 Å². The van der Waals surface area contributed by atoms with Crippen LogP contribution in [0.15, 0.2) is 35.4 Å². The lowest BCUT2D eigenvalue weighted by Gasteiger charge is -2.42. The Balaban J connectivity index is 1.44. The van der Waals surface area contributed by atoms with Crippen LogP contribution in [0.3, 0.4) is 0 Å². The number of thioether (sulfide) groups is 1. The first-order valence-corrected chi connectivity index (χ1v) is 8.74. The fraction of sp³-hybridized carbons (Fsp3) is 0.312. The van der Waals surface area contributed by atoms with Gasteiger partial charge in [-0.05, 0) is 12.1 Å². The summed E-state index contributed by atoms with van der Waals surface area (Å²) in [4.78, 5) is 55.1. The molecule has 0 aliphatic carbocycles. The molecule has 9 heteroatoms. The second-order valence-corrected chi connectivity index (χ2v) is 6.89. The third-order valence-electron chi connectivity index (χ3n) is 4.40. The maximum absolute atomic E-state index is 12.4. The molecule has 0 N–H and O–H groups in total. The average molecular weight is 358 g/mol. The topological polar surface area (TPSA) is 92.6 Å². The van der Waals surface area contributed by atoms with Crippen LogP contribution in [-0.4, -0.2) is 61.3 Å². The van der Waals surface area contributed by atoms with Gasteiger partial charge in [0.25, 0.3) is 10.8 Å². The SMILES string of the molecule is O=C(Cn1cnc2ccccc2c1=O)N1CC(N2C(=O)CSC2=O)C1. The highest BCUT2D eigenvalue weighted by Crippen LogP contribution is 2.26. The van der Waals surface area contributed by atoms with Crippen molar-refractivity contribution in [2.75, 3.05) is 18.8 Å². The molecule has 0 bridgehead atoms. The summed E-state index contributed by atoms with van der Waals surface area (Å²) in [6, 6.07) is 6.70. The van der Waals surface area contributed by atoms with E-state index in [4.69, 9.17) is 0 Å². The highest BCUT2D eigenvalue weighted by molar-refractivity contribution is 8.14. The Hall–Kier alpha value is -2.68. The Morgan fingerprint density at radius 3 is 2.68 bits per heavy atom. The van der Waals surface area contributed by atoms with Crippen molar-refractivity contribution >= 4 is 39.7 Å². The first kappa shape index (κ1) is 15.8. The zero-order valence-corrected chi connectivity index (χ0v) is 13.9. The molecule has 2 aliphatic rings. The molecule has 8 nitrogen and oxygen atoms in total. The molecule has 0 spiro atoms. The largest absolute Gasteiger partial charge is 0.337 e.